The number of rotatable bonds is 14. The molecule has 1 aromatic rings. The van der Waals surface area contributed by atoms with Gasteiger partial charge in [0.1, 0.15) is 102 Å². The number of aromatic hydroxyl groups is 2. The van der Waals surface area contributed by atoms with Crippen LogP contribution in [0.25, 0.3) is 0 Å². The van der Waals surface area contributed by atoms with Gasteiger partial charge >= 0.3 is 11.9 Å². The van der Waals surface area contributed by atoms with Crippen molar-refractivity contribution in [3.63, 3.8) is 0 Å². The predicted octanol–water partition coefficient (Wildman–Crippen LogP) is -1.11. The average Bonchev–Trinajstić information content (AvgIpc) is 1.57. The first-order chi connectivity index (χ1) is 41.5. The van der Waals surface area contributed by atoms with Crippen LogP contribution in [0.4, 0.5) is 0 Å². The van der Waals surface area contributed by atoms with Crippen molar-refractivity contribution in [2.75, 3.05) is 34.2 Å². The molecule has 10 fully saturated rings. The Labute approximate surface area is 514 Å². The fourth-order valence-electron chi connectivity index (χ4n) is 13.7. The van der Waals surface area contributed by atoms with Crippen molar-refractivity contribution in [1.82, 2.24) is 0 Å². The second kappa shape index (κ2) is 25.3. The molecule has 33 heteroatoms. The Bertz CT molecular complexity index is 2650. The van der Waals surface area contributed by atoms with Gasteiger partial charge in [-0.2, -0.15) is 0 Å². The number of hydrogen-bond donors (Lipinski definition) is 9. The predicted molar refractivity (Wildman–Crippen MR) is 284 cm³/mol. The molecule has 0 saturated carbocycles. The number of halogens is 2. The van der Waals surface area contributed by atoms with Crippen LogP contribution in [0.2, 0.25) is 10.0 Å². The quantitative estimate of drug-likeness (QED) is 0.0997. The number of ketones is 1. The monoisotopic (exact) mass is 1300 g/mol. The van der Waals surface area contributed by atoms with Crippen molar-refractivity contribution in [1.29, 1.82) is 0 Å². The lowest BCUT2D eigenvalue weighted by Crippen LogP contribution is -2.72. The van der Waals surface area contributed by atoms with Crippen LogP contribution < -0.4 is 0 Å². The number of hydrogen-bond acceptors (Lipinski definition) is 31. The first-order valence-electron chi connectivity index (χ1n) is 29.1. The highest BCUT2D eigenvalue weighted by atomic mass is 35.5. The zero-order chi connectivity index (χ0) is 63.6. The SMILES string of the molecule is COC[C@H]1O[C@@H](O[C@H]2OC[C@@H]3O[C@]4(O[C@H]3[C@H]2O)O[C@H](C)[C@@](O)(C(C)=O)[C@@H]2OCO[C@H]24)[C@@H](OC)[C@@H](O)[C@@H]1O[C@@H]1O[C@H](C)[C@H](O)[C@H](O[C@H]2C[C@@]3(C)OC4(C[C@@H](O)[C@H](O[C@H]5C[C@@H](O)[C@H](OC(=O)c6c(C)c(Cl)c(O)c(Cl)c6O)[C@@H](C)O5)[C@@H](C)O4)O[C@@H]3[C@@H](C)O2)[C@H]1O. The van der Waals surface area contributed by atoms with Crippen molar-refractivity contribution in [3.8, 4) is 11.5 Å². The summed E-state index contributed by atoms with van der Waals surface area (Å²) in [6, 6.07) is 0. The Morgan fingerprint density at radius 3 is 2.02 bits per heavy atom. The van der Waals surface area contributed by atoms with Crippen LogP contribution in [0.3, 0.4) is 0 Å². The van der Waals surface area contributed by atoms with E-state index >= 15 is 0 Å². The van der Waals surface area contributed by atoms with E-state index in [-0.39, 0.29) is 49.9 Å². The van der Waals surface area contributed by atoms with Gasteiger partial charge in [-0.1, -0.05) is 23.2 Å². The minimum Gasteiger partial charge on any atom is -0.505 e. The molecule has 88 heavy (non-hydrogen) atoms. The lowest BCUT2D eigenvalue weighted by Gasteiger charge is -2.49. The summed E-state index contributed by atoms with van der Waals surface area (Å²) in [6.45, 7) is 11.4. The second-order valence-electron chi connectivity index (χ2n) is 24.3. The standard InChI is InChI=1S/C55H78Cl2O31/c1-17-30(34(62)32(57)35(63)31(17)56)48(67)80-39-19(3)74-28(11-24(39)59)78-40-20(4)83-53(12-25(40)60)87-45-21(5)75-29(13-52(45,8)88-53)79-43-33(61)18(2)76-50(38(43)66)81-41-26(14-69-9)77-51(44(70-10)36(41)64)82-49-37(65)42-27(15-71-49)85-55(86-42)47-46(72-16-73-47)54(68,22(6)58)23(7)84-55/h18-21,23-29,33,36-47,49-51,59-66,68H,11-16H2,1-10H3/t18-,19-,20-,21-,23-,24-,25-,26-,27+,28+,29+,33+,36+,37-,38-,39-,40-,41-,42-,43+,44+,45-,46-,47-,49-,50+,51+,52-,53?,54+,55-/m1/s1. The molecule has 11 rings (SSSR count). The third-order valence-electron chi connectivity index (χ3n) is 18.3. The molecule has 0 radical (unpaired) electrons. The summed E-state index contributed by atoms with van der Waals surface area (Å²) in [5.41, 5.74) is -3.75. The van der Waals surface area contributed by atoms with Crippen LogP contribution in [-0.2, 0) is 99.5 Å². The number of carbonyl (C=O) groups excluding carboxylic acids is 2. The van der Waals surface area contributed by atoms with Crippen LogP contribution in [-0.4, -0.2) is 281 Å². The number of phenolic OH excluding ortho intramolecular Hbond substituents is 2. The molecule has 0 aliphatic carbocycles. The molecule has 0 aromatic heterocycles. The molecule has 10 heterocycles. The van der Waals surface area contributed by atoms with E-state index in [0.717, 1.165) is 0 Å². The molecule has 2 spiro atoms. The molecule has 0 bridgehead atoms. The fraction of sp³-hybridized carbons (Fsp3) is 0.855. The summed E-state index contributed by atoms with van der Waals surface area (Å²) < 4.78 is 122. The second-order valence-corrected chi connectivity index (χ2v) is 25.0. The smallest absolute Gasteiger partial charge is 0.342 e. The van der Waals surface area contributed by atoms with Crippen molar-refractivity contribution < 1.29 is 150 Å². The van der Waals surface area contributed by atoms with Crippen LogP contribution >= 0.6 is 23.2 Å². The summed E-state index contributed by atoms with van der Waals surface area (Å²) in [5.74, 6) is -6.95. The number of methoxy groups -OCH3 is 2. The maximum absolute atomic E-state index is 13.3. The number of carbonyl (C=O) groups is 2. The van der Waals surface area contributed by atoms with Gasteiger partial charge in [0.15, 0.2) is 66.5 Å². The molecule has 0 amide bonds. The number of Topliss-reactive ketones (excluding diaryl/α,β-unsaturated/α-hetero) is 1. The number of fused-ring (bicyclic) bond motifs is 4. The van der Waals surface area contributed by atoms with Crippen LogP contribution in [0.5, 0.6) is 11.5 Å². The highest BCUT2D eigenvalue weighted by Crippen LogP contribution is 2.53. The summed E-state index contributed by atoms with van der Waals surface area (Å²) in [5, 5.41) is 101. The summed E-state index contributed by atoms with van der Waals surface area (Å²) in [4.78, 5) is 25.9. The summed E-state index contributed by atoms with van der Waals surface area (Å²) in [7, 11) is 2.64. The molecule has 1 aromatic carbocycles. The third-order valence-corrected chi connectivity index (χ3v) is 19.1. The Balaban J connectivity index is 0.694. The van der Waals surface area contributed by atoms with Crippen molar-refractivity contribution in [2.45, 2.75) is 264 Å². The third kappa shape index (κ3) is 11.7. The van der Waals surface area contributed by atoms with Crippen LogP contribution in [0, 0.1) is 6.92 Å². The largest absolute Gasteiger partial charge is 0.505 e. The van der Waals surface area contributed by atoms with E-state index in [4.69, 9.17) is 118 Å². The molecule has 9 N–H and O–H groups in total. The molecule has 10 aliphatic heterocycles. The lowest BCUT2D eigenvalue weighted by molar-refractivity contribution is -0.428. The number of aliphatic hydroxyl groups excluding tert-OH is 6. The van der Waals surface area contributed by atoms with E-state index < -0.39 is 223 Å². The molecule has 10 aliphatic rings. The van der Waals surface area contributed by atoms with Crippen LogP contribution in [0.1, 0.15) is 83.7 Å². The van der Waals surface area contributed by atoms with Gasteiger partial charge in [0, 0.05) is 27.1 Å². The highest BCUT2D eigenvalue weighted by molar-refractivity contribution is 6.39. The van der Waals surface area contributed by atoms with Crippen molar-refractivity contribution in [2.24, 2.45) is 0 Å². The first kappa shape index (κ1) is 66.9. The highest BCUT2D eigenvalue weighted by Gasteiger charge is 2.72. The summed E-state index contributed by atoms with van der Waals surface area (Å²) in [6.07, 6.45) is -34.5. The number of phenols is 2. The maximum Gasteiger partial charge on any atom is 0.342 e. The molecule has 1 unspecified atom stereocenters. The van der Waals surface area contributed by atoms with Crippen molar-refractivity contribution >= 4 is 35.0 Å². The van der Waals surface area contributed by atoms with Gasteiger partial charge in [-0.3, -0.25) is 4.79 Å². The Morgan fingerprint density at radius 2 is 1.34 bits per heavy atom. The Kier molecular flexibility index (Phi) is 19.3. The summed E-state index contributed by atoms with van der Waals surface area (Å²) >= 11 is 12.1. The molecule has 498 valence electrons. The van der Waals surface area contributed by atoms with E-state index in [1.54, 1.807) is 20.8 Å². The van der Waals surface area contributed by atoms with E-state index in [1.807, 2.05) is 0 Å². The molecule has 31 nitrogen and oxygen atoms in total. The zero-order valence-electron chi connectivity index (χ0n) is 49.6. The molecular formula is C55H78Cl2O31. The van der Waals surface area contributed by atoms with Gasteiger partial charge in [0.2, 0.25) is 0 Å². The normalized spacial score (nSPS) is 50.2. The van der Waals surface area contributed by atoms with Gasteiger partial charge < -0.3 is 141 Å². The number of ether oxygens (including phenoxy) is 20. The maximum atomic E-state index is 13.3. The number of benzene rings is 1. The Hall–Kier alpha value is -2.50. The average molecular weight is 1310 g/mol. The first-order valence-corrected chi connectivity index (χ1v) is 29.9. The van der Waals surface area contributed by atoms with Gasteiger partial charge in [-0.25, -0.2) is 4.79 Å². The van der Waals surface area contributed by atoms with E-state index in [2.05, 4.69) is 0 Å². The number of esters is 1. The van der Waals surface area contributed by atoms with E-state index in [1.165, 1.54) is 48.8 Å². The zero-order valence-corrected chi connectivity index (χ0v) is 51.1. The number of aliphatic hydroxyl groups is 7. The molecular weight excluding hydrogens is 1230 g/mol. The van der Waals surface area contributed by atoms with Crippen LogP contribution in [0.15, 0.2) is 0 Å². The minimum absolute atomic E-state index is 0.00903. The fourth-order valence-corrected chi connectivity index (χ4v) is 14.1. The van der Waals surface area contributed by atoms with Gasteiger partial charge in [0.25, 0.3) is 5.97 Å². The van der Waals surface area contributed by atoms with Gasteiger partial charge in [-0.05, 0) is 61.0 Å². The Morgan fingerprint density at radius 1 is 0.636 bits per heavy atom. The van der Waals surface area contributed by atoms with E-state index in [9.17, 15) is 55.5 Å². The van der Waals surface area contributed by atoms with E-state index in [0.29, 0.717) is 0 Å². The molecule has 31 atom stereocenters. The topological polar surface area (TPSA) is 401 Å². The van der Waals surface area contributed by atoms with Crippen molar-refractivity contribution in [3.05, 3.63) is 21.2 Å². The minimum atomic E-state index is -2.10. The van der Waals surface area contributed by atoms with Gasteiger partial charge in [-0.15, -0.1) is 0 Å². The molecule has 10 saturated heterocycles. The lowest BCUT2D eigenvalue weighted by atomic mass is 9.81. The van der Waals surface area contributed by atoms with Gasteiger partial charge in [0.05, 0.1) is 67.4 Å².